The van der Waals surface area contributed by atoms with Gasteiger partial charge in [-0.2, -0.15) is 0 Å². The number of methoxy groups -OCH3 is 1. The van der Waals surface area contributed by atoms with E-state index in [1.54, 1.807) is 12.1 Å². The van der Waals surface area contributed by atoms with Crippen LogP contribution >= 0.6 is 11.6 Å². The van der Waals surface area contributed by atoms with E-state index in [0.717, 1.165) is 11.3 Å². The van der Waals surface area contributed by atoms with Crippen molar-refractivity contribution in [3.63, 3.8) is 0 Å². The predicted molar refractivity (Wildman–Crippen MR) is 104 cm³/mol. The molecule has 1 N–H and O–H groups in total. The fourth-order valence-corrected chi connectivity index (χ4v) is 3.83. The monoisotopic (exact) mass is 402 g/mol. The Labute approximate surface area is 165 Å². The lowest BCUT2D eigenvalue weighted by Gasteiger charge is -2.24. The summed E-state index contributed by atoms with van der Waals surface area (Å²) in [7, 11) is 1.42. The Morgan fingerprint density at radius 3 is 2.75 bits per heavy atom. The molecule has 0 amide bonds. The van der Waals surface area contributed by atoms with Crippen LogP contribution in [-0.4, -0.2) is 18.2 Å². The smallest absolute Gasteiger partial charge is 0.255 e. The number of halogens is 3. The highest BCUT2D eigenvalue weighted by Crippen LogP contribution is 2.39. The van der Waals surface area contributed by atoms with Crippen LogP contribution in [0, 0.1) is 11.6 Å². The van der Waals surface area contributed by atoms with Gasteiger partial charge in [-0.25, -0.2) is 8.78 Å². The highest BCUT2D eigenvalue weighted by molar-refractivity contribution is 6.33. The third-order valence-corrected chi connectivity index (χ3v) is 5.21. The number of fused-ring (bicyclic) bond motifs is 1. The molecule has 0 fully saturated rings. The van der Waals surface area contributed by atoms with E-state index in [-0.39, 0.29) is 27.6 Å². The van der Waals surface area contributed by atoms with Gasteiger partial charge in [0.2, 0.25) is 0 Å². The molecule has 0 saturated carbocycles. The zero-order chi connectivity index (χ0) is 19.8. The van der Waals surface area contributed by atoms with Gasteiger partial charge in [0.15, 0.2) is 5.82 Å². The normalized spacial score (nSPS) is 13.3. The summed E-state index contributed by atoms with van der Waals surface area (Å²) in [5, 5.41) is 3.00. The Balaban J connectivity index is 2.00. The quantitative estimate of drug-likeness (QED) is 0.717. The van der Waals surface area contributed by atoms with E-state index in [9.17, 15) is 9.18 Å². The molecule has 0 aliphatic carbocycles. The van der Waals surface area contributed by atoms with E-state index in [4.69, 9.17) is 16.3 Å². The molecule has 0 spiro atoms. The van der Waals surface area contributed by atoms with Gasteiger partial charge in [-0.3, -0.25) is 9.36 Å². The molecule has 4 nitrogen and oxygen atoms in total. The molecule has 2 aromatic carbocycles. The van der Waals surface area contributed by atoms with Gasteiger partial charge < -0.3 is 10.1 Å². The zero-order valence-corrected chi connectivity index (χ0v) is 15.8. The van der Waals surface area contributed by atoms with Gasteiger partial charge >= 0.3 is 0 Å². The molecule has 0 saturated heterocycles. The van der Waals surface area contributed by atoms with Crippen LogP contribution in [0.15, 0.2) is 47.3 Å². The first-order valence-corrected chi connectivity index (χ1v) is 9.16. The lowest BCUT2D eigenvalue weighted by Crippen LogP contribution is -2.32. The zero-order valence-electron chi connectivity index (χ0n) is 15.1. The fraction of sp³-hybridized carbons (Fsp3) is 0.190. The first-order valence-electron chi connectivity index (χ1n) is 8.78. The van der Waals surface area contributed by atoms with Crippen molar-refractivity contribution in [2.45, 2.75) is 13.0 Å². The van der Waals surface area contributed by atoms with E-state index >= 15 is 4.39 Å². The number of benzene rings is 2. The van der Waals surface area contributed by atoms with Gasteiger partial charge in [0.1, 0.15) is 22.3 Å². The molecule has 0 unspecified atom stereocenters. The van der Waals surface area contributed by atoms with Gasteiger partial charge in [0, 0.05) is 36.8 Å². The molecular formula is C21H17ClF2N2O2. The summed E-state index contributed by atoms with van der Waals surface area (Å²) < 4.78 is 35.7. The predicted octanol–water partition coefficient (Wildman–Crippen LogP) is 4.09. The summed E-state index contributed by atoms with van der Waals surface area (Å²) >= 11 is 6.40. The van der Waals surface area contributed by atoms with Crippen molar-refractivity contribution in [3.05, 3.63) is 80.7 Å². The molecule has 0 radical (unpaired) electrons. The van der Waals surface area contributed by atoms with Crippen LogP contribution in [0.4, 0.5) is 8.78 Å². The lowest BCUT2D eigenvalue weighted by atomic mass is 10.0. The first-order chi connectivity index (χ1) is 13.5. The molecule has 1 aliphatic heterocycles. The van der Waals surface area contributed by atoms with Crippen LogP contribution in [-0.2, 0) is 13.0 Å². The second kappa shape index (κ2) is 7.37. The third-order valence-electron chi connectivity index (χ3n) is 4.87. The number of hydrogen-bond acceptors (Lipinski definition) is 3. The molecule has 2 heterocycles. The molecule has 1 aliphatic rings. The van der Waals surface area contributed by atoms with Crippen molar-refractivity contribution >= 4 is 11.6 Å². The number of ether oxygens (including phenoxy) is 1. The minimum absolute atomic E-state index is 0.101. The molecule has 0 bridgehead atoms. The van der Waals surface area contributed by atoms with E-state index in [1.165, 1.54) is 42.0 Å². The number of rotatable bonds is 3. The van der Waals surface area contributed by atoms with Crippen LogP contribution in [0.2, 0.25) is 5.02 Å². The van der Waals surface area contributed by atoms with Crippen molar-refractivity contribution < 1.29 is 13.5 Å². The van der Waals surface area contributed by atoms with Crippen molar-refractivity contribution in [1.29, 1.82) is 0 Å². The fourth-order valence-electron chi connectivity index (χ4n) is 3.55. The Morgan fingerprint density at radius 2 is 2.00 bits per heavy atom. The number of nitrogens with one attached hydrogen (secondary N) is 1. The van der Waals surface area contributed by atoms with E-state index in [2.05, 4.69) is 5.32 Å². The topological polar surface area (TPSA) is 43.3 Å². The Hall–Kier alpha value is -2.70. The summed E-state index contributed by atoms with van der Waals surface area (Å²) in [5.74, 6) is -0.988. The maximum atomic E-state index is 15.2. The van der Waals surface area contributed by atoms with Crippen LogP contribution in [0.3, 0.4) is 0 Å². The summed E-state index contributed by atoms with van der Waals surface area (Å²) in [5.41, 5.74) is 1.98. The Bertz CT molecular complexity index is 1130. The van der Waals surface area contributed by atoms with Crippen molar-refractivity contribution in [3.8, 4) is 22.6 Å². The van der Waals surface area contributed by atoms with E-state index in [0.29, 0.717) is 25.1 Å². The second-order valence-corrected chi connectivity index (χ2v) is 6.90. The molecular weight excluding hydrogens is 386 g/mol. The highest BCUT2D eigenvalue weighted by atomic mass is 35.5. The first kappa shape index (κ1) is 18.7. The standard InChI is InChI=1S/C21H17ClF2N2O2/c1-28-17-10-15(12-3-2-4-14(23)9-12)20(24)19(22)21(17)26-16-7-8-25-11-13(16)5-6-18(26)27/h2-6,9-10,25H,7-8,11H2,1H3. The van der Waals surface area contributed by atoms with Crippen LogP contribution in [0.5, 0.6) is 5.75 Å². The number of aromatic nitrogens is 1. The van der Waals surface area contributed by atoms with Crippen molar-refractivity contribution in [2.75, 3.05) is 13.7 Å². The highest BCUT2D eigenvalue weighted by Gasteiger charge is 2.24. The maximum absolute atomic E-state index is 15.2. The van der Waals surface area contributed by atoms with Gasteiger partial charge in [0.05, 0.1) is 7.11 Å². The molecule has 0 atom stereocenters. The van der Waals surface area contributed by atoms with Gasteiger partial charge in [-0.1, -0.05) is 29.8 Å². The van der Waals surface area contributed by atoms with Gasteiger partial charge in [-0.05, 0) is 29.3 Å². The molecule has 4 rings (SSSR count). The van der Waals surface area contributed by atoms with Crippen LogP contribution < -0.4 is 15.6 Å². The van der Waals surface area contributed by atoms with Crippen molar-refractivity contribution in [1.82, 2.24) is 9.88 Å². The molecule has 3 aromatic rings. The van der Waals surface area contributed by atoms with Crippen LogP contribution in [0.1, 0.15) is 11.3 Å². The number of hydrogen-bond donors (Lipinski definition) is 1. The minimum atomic E-state index is -0.735. The number of nitrogens with zero attached hydrogens (tertiary/aromatic N) is 1. The third kappa shape index (κ3) is 3.08. The molecule has 144 valence electrons. The van der Waals surface area contributed by atoms with E-state index < -0.39 is 11.6 Å². The summed E-state index contributed by atoms with van der Waals surface area (Å²) in [6, 6.07) is 10.2. The summed E-state index contributed by atoms with van der Waals surface area (Å²) in [4.78, 5) is 12.7. The second-order valence-electron chi connectivity index (χ2n) is 6.52. The lowest BCUT2D eigenvalue weighted by molar-refractivity contribution is 0.411. The average molecular weight is 403 g/mol. The summed E-state index contributed by atoms with van der Waals surface area (Å²) in [6.45, 7) is 1.31. The number of pyridine rings is 1. The average Bonchev–Trinajstić information content (AvgIpc) is 2.70. The minimum Gasteiger partial charge on any atom is -0.494 e. The van der Waals surface area contributed by atoms with Crippen LogP contribution in [0.25, 0.3) is 16.8 Å². The van der Waals surface area contributed by atoms with Gasteiger partial charge in [-0.15, -0.1) is 0 Å². The van der Waals surface area contributed by atoms with Crippen molar-refractivity contribution in [2.24, 2.45) is 0 Å². The van der Waals surface area contributed by atoms with E-state index in [1.807, 2.05) is 0 Å². The maximum Gasteiger partial charge on any atom is 0.255 e. The molecule has 7 heteroatoms. The molecule has 1 aromatic heterocycles. The Kier molecular flexibility index (Phi) is 4.91. The summed E-state index contributed by atoms with van der Waals surface area (Å²) in [6.07, 6.45) is 0.595. The largest absolute Gasteiger partial charge is 0.494 e. The van der Waals surface area contributed by atoms with Gasteiger partial charge in [0.25, 0.3) is 5.56 Å². The molecule has 28 heavy (non-hydrogen) atoms. The SMILES string of the molecule is COc1cc(-c2cccc(F)c2)c(F)c(Cl)c1-n1c2c(ccc1=O)CNCC2. The Morgan fingerprint density at radius 1 is 1.18 bits per heavy atom.